The largest absolute Gasteiger partial charge is 0.434 e. The van der Waals surface area contributed by atoms with Crippen LogP contribution >= 0.6 is 11.6 Å². The fourth-order valence-corrected chi connectivity index (χ4v) is 2.09. The number of ether oxygens (including phenoxy) is 1. The highest BCUT2D eigenvalue weighted by atomic mass is 35.5. The summed E-state index contributed by atoms with van der Waals surface area (Å²) in [6.45, 7) is -2.94. The average molecular weight is 369 g/mol. The molecule has 1 N–H and O–H groups in total. The van der Waals surface area contributed by atoms with Gasteiger partial charge in [-0.15, -0.1) is 0 Å². The van der Waals surface area contributed by atoms with Crippen LogP contribution in [0.25, 0.3) is 0 Å². The zero-order valence-electron chi connectivity index (χ0n) is 13.0. The summed E-state index contributed by atoms with van der Waals surface area (Å²) in [6, 6.07) is 13.2. The van der Waals surface area contributed by atoms with Crippen LogP contribution in [0.2, 0.25) is 5.02 Å². The number of hydrogen-bond acceptors (Lipinski definition) is 4. The van der Waals surface area contributed by atoms with Crippen molar-refractivity contribution in [2.45, 2.75) is 13.2 Å². The number of benzene rings is 2. The minimum atomic E-state index is -2.94. The smallest absolute Gasteiger partial charge is 0.387 e. The summed E-state index contributed by atoms with van der Waals surface area (Å²) < 4.78 is 28.9. The lowest BCUT2D eigenvalue weighted by atomic mass is 10.2. The van der Waals surface area contributed by atoms with Gasteiger partial charge in [0.2, 0.25) is 0 Å². The van der Waals surface area contributed by atoms with E-state index in [2.05, 4.69) is 15.2 Å². The predicted octanol–water partition coefficient (Wildman–Crippen LogP) is 3.61. The molecule has 0 saturated carbocycles. The van der Waals surface area contributed by atoms with Crippen molar-refractivity contribution < 1.29 is 23.1 Å². The van der Waals surface area contributed by atoms with Gasteiger partial charge in [0.25, 0.3) is 5.91 Å². The summed E-state index contributed by atoms with van der Waals surface area (Å²) in [6.07, 6.45) is 1.20. The van der Waals surface area contributed by atoms with Crippen LogP contribution in [-0.4, -0.2) is 25.3 Å². The van der Waals surface area contributed by atoms with Crippen molar-refractivity contribution in [1.29, 1.82) is 0 Å². The Hall–Kier alpha value is -2.67. The quantitative estimate of drug-likeness (QED) is 0.572. The minimum Gasteiger partial charge on any atom is -0.434 e. The van der Waals surface area contributed by atoms with Gasteiger partial charge >= 0.3 is 6.61 Å². The molecule has 0 aliphatic carbocycles. The molecular formula is C17H15ClF2N2O3. The Morgan fingerprint density at radius 1 is 1.24 bits per heavy atom. The lowest BCUT2D eigenvalue weighted by Gasteiger charge is -2.07. The van der Waals surface area contributed by atoms with Gasteiger partial charge in [-0.2, -0.15) is 8.78 Å². The molecule has 8 heteroatoms. The Kier molecular flexibility index (Phi) is 7.16. The first-order valence-corrected chi connectivity index (χ1v) is 7.62. The second-order valence-electron chi connectivity index (χ2n) is 4.83. The number of nitrogens with one attached hydrogen (secondary N) is 1. The van der Waals surface area contributed by atoms with E-state index in [1.807, 2.05) is 6.07 Å². The van der Waals surface area contributed by atoms with Crippen LogP contribution in [0.15, 0.2) is 53.7 Å². The maximum atomic E-state index is 12.3. The molecule has 0 atom stereocenters. The van der Waals surface area contributed by atoms with Gasteiger partial charge in [-0.05, 0) is 29.8 Å². The van der Waals surface area contributed by atoms with Crippen molar-refractivity contribution >= 4 is 23.7 Å². The van der Waals surface area contributed by atoms with Gasteiger partial charge < -0.3 is 14.9 Å². The van der Waals surface area contributed by atoms with Crippen LogP contribution < -0.4 is 10.1 Å². The van der Waals surface area contributed by atoms with Crippen molar-refractivity contribution in [1.82, 2.24) is 5.32 Å². The molecule has 0 aliphatic rings. The van der Waals surface area contributed by atoms with Gasteiger partial charge in [0.05, 0.1) is 6.21 Å². The molecule has 25 heavy (non-hydrogen) atoms. The molecule has 0 bridgehead atoms. The summed E-state index contributed by atoms with van der Waals surface area (Å²) in [7, 11) is 0. The van der Waals surface area contributed by atoms with E-state index < -0.39 is 6.61 Å². The van der Waals surface area contributed by atoms with E-state index in [0.29, 0.717) is 17.1 Å². The van der Waals surface area contributed by atoms with E-state index in [9.17, 15) is 13.6 Å². The lowest BCUT2D eigenvalue weighted by Crippen LogP contribution is -2.26. The van der Waals surface area contributed by atoms with Crippen LogP contribution in [0.5, 0.6) is 5.75 Å². The van der Waals surface area contributed by atoms with Gasteiger partial charge in [0.15, 0.2) is 6.61 Å². The van der Waals surface area contributed by atoms with E-state index >= 15 is 0 Å². The van der Waals surface area contributed by atoms with Crippen molar-refractivity contribution in [3.8, 4) is 5.75 Å². The molecule has 0 radical (unpaired) electrons. The van der Waals surface area contributed by atoms with Crippen LogP contribution in [0, 0.1) is 0 Å². The van der Waals surface area contributed by atoms with Crippen molar-refractivity contribution in [2.24, 2.45) is 5.16 Å². The first-order chi connectivity index (χ1) is 12.0. The molecule has 0 fully saturated rings. The van der Waals surface area contributed by atoms with Gasteiger partial charge in [-0.1, -0.05) is 41.0 Å². The van der Waals surface area contributed by atoms with Crippen LogP contribution in [-0.2, 0) is 16.2 Å². The first kappa shape index (κ1) is 18.7. The third kappa shape index (κ3) is 6.76. The summed E-state index contributed by atoms with van der Waals surface area (Å²) >= 11 is 5.85. The van der Waals surface area contributed by atoms with E-state index in [-0.39, 0.29) is 18.3 Å². The Morgan fingerprint density at radius 3 is 2.80 bits per heavy atom. The number of hydrogen-bond donors (Lipinski definition) is 1. The van der Waals surface area contributed by atoms with Crippen molar-refractivity contribution in [2.75, 3.05) is 6.61 Å². The summed E-state index contributed by atoms with van der Waals surface area (Å²) in [4.78, 5) is 16.5. The maximum absolute atomic E-state index is 12.3. The molecule has 132 valence electrons. The molecule has 0 aromatic heterocycles. The van der Waals surface area contributed by atoms with Crippen LogP contribution in [0.1, 0.15) is 11.1 Å². The number of halogens is 3. The number of carbonyl (C=O) groups excluding carboxylic acids is 1. The number of para-hydroxylation sites is 1. The van der Waals surface area contributed by atoms with Gasteiger partial charge in [-0.3, -0.25) is 4.79 Å². The highest BCUT2D eigenvalue weighted by Crippen LogP contribution is 2.18. The van der Waals surface area contributed by atoms with E-state index in [1.165, 1.54) is 18.3 Å². The topological polar surface area (TPSA) is 59.9 Å². The van der Waals surface area contributed by atoms with Crippen molar-refractivity contribution in [3.05, 3.63) is 64.7 Å². The SMILES string of the molecule is O=C(CO/N=C/c1ccccc1OC(F)F)NCc1cccc(Cl)c1. The minimum absolute atomic E-state index is 0.0322. The summed E-state index contributed by atoms with van der Waals surface area (Å²) in [5.41, 5.74) is 1.16. The van der Waals surface area contributed by atoms with E-state index in [4.69, 9.17) is 16.4 Å². The molecule has 2 aromatic carbocycles. The molecular weight excluding hydrogens is 354 g/mol. The van der Waals surface area contributed by atoms with E-state index in [0.717, 1.165) is 5.56 Å². The Morgan fingerprint density at radius 2 is 2.04 bits per heavy atom. The molecule has 0 heterocycles. The number of carbonyl (C=O) groups is 1. The fraction of sp³-hybridized carbons (Fsp3) is 0.176. The molecule has 2 aromatic rings. The zero-order valence-corrected chi connectivity index (χ0v) is 13.7. The standard InChI is InChI=1S/C17H15ClF2N2O3/c18-14-6-3-4-12(8-14)9-21-16(23)11-24-22-10-13-5-1-2-7-15(13)25-17(19)20/h1-8,10,17H,9,11H2,(H,21,23)/b22-10+. The number of amides is 1. The second-order valence-corrected chi connectivity index (χ2v) is 5.27. The lowest BCUT2D eigenvalue weighted by molar-refractivity contribution is -0.125. The third-order valence-corrected chi connectivity index (χ3v) is 3.21. The fourth-order valence-electron chi connectivity index (χ4n) is 1.88. The maximum Gasteiger partial charge on any atom is 0.387 e. The first-order valence-electron chi connectivity index (χ1n) is 7.25. The molecule has 0 aliphatic heterocycles. The highest BCUT2D eigenvalue weighted by molar-refractivity contribution is 6.30. The number of alkyl halides is 2. The monoisotopic (exact) mass is 368 g/mol. The van der Waals surface area contributed by atoms with Crippen LogP contribution in [0.3, 0.4) is 0 Å². The van der Waals surface area contributed by atoms with Crippen LogP contribution in [0.4, 0.5) is 8.78 Å². The van der Waals surface area contributed by atoms with Gasteiger partial charge in [0, 0.05) is 17.1 Å². The normalized spacial score (nSPS) is 10.9. The average Bonchev–Trinajstić information content (AvgIpc) is 2.58. The molecule has 0 unspecified atom stereocenters. The van der Waals surface area contributed by atoms with Gasteiger partial charge in [-0.25, -0.2) is 0 Å². The number of oxime groups is 1. The number of rotatable bonds is 8. The zero-order chi connectivity index (χ0) is 18.1. The molecule has 0 saturated heterocycles. The third-order valence-electron chi connectivity index (χ3n) is 2.98. The van der Waals surface area contributed by atoms with Crippen molar-refractivity contribution in [3.63, 3.8) is 0 Å². The summed E-state index contributed by atoms with van der Waals surface area (Å²) in [5.74, 6) is -0.413. The molecule has 0 spiro atoms. The predicted molar refractivity (Wildman–Crippen MR) is 89.9 cm³/mol. The Bertz CT molecular complexity index is 741. The Balaban J connectivity index is 1.78. The van der Waals surface area contributed by atoms with Gasteiger partial charge in [0.1, 0.15) is 5.75 Å². The number of nitrogens with zero attached hydrogens (tertiary/aromatic N) is 1. The Labute approximate surface area is 148 Å². The highest BCUT2D eigenvalue weighted by Gasteiger charge is 2.07. The van der Waals surface area contributed by atoms with E-state index in [1.54, 1.807) is 30.3 Å². The molecule has 1 amide bonds. The summed E-state index contributed by atoms with van der Waals surface area (Å²) in [5, 5.41) is 6.81. The molecule has 5 nitrogen and oxygen atoms in total. The second kappa shape index (κ2) is 9.58. The molecule has 2 rings (SSSR count).